The number of nitrogens with zero attached hydrogens (tertiary/aromatic N) is 1. The molecule has 1 heterocycles. The highest BCUT2D eigenvalue weighted by atomic mass is 35.5. The first kappa shape index (κ1) is 17.1. The zero-order valence-corrected chi connectivity index (χ0v) is 12.1. The van der Waals surface area contributed by atoms with Gasteiger partial charge in [-0.1, -0.05) is 0 Å². The van der Waals surface area contributed by atoms with E-state index >= 15 is 0 Å². The van der Waals surface area contributed by atoms with Crippen molar-refractivity contribution in [3.05, 3.63) is 18.3 Å². The minimum atomic E-state index is -3.50. The van der Waals surface area contributed by atoms with Gasteiger partial charge >= 0.3 is 0 Å². The Kier molecular flexibility index (Phi) is 7.15. The number of hydrogen-bond acceptors (Lipinski definition) is 5. The molecule has 6 nitrogen and oxygen atoms in total. The van der Waals surface area contributed by atoms with Crippen LogP contribution in [0.2, 0.25) is 0 Å². The number of ether oxygens (including phenoxy) is 1. The van der Waals surface area contributed by atoms with Gasteiger partial charge in [-0.25, -0.2) is 18.1 Å². The molecule has 0 aliphatic rings. The highest BCUT2D eigenvalue weighted by Gasteiger charge is 2.15. The van der Waals surface area contributed by atoms with E-state index in [1.165, 1.54) is 25.4 Å². The van der Waals surface area contributed by atoms with Crippen LogP contribution in [0.25, 0.3) is 0 Å². The van der Waals surface area contributed by atoms with Crippen molar-refractivity contribution in [2.45, 2.75) is 17.9 Å². The van der Waals surface area contributed by atoms with Crippen LogP contribution >= 0.6 is 12.4 Å². The van der Waals surface area contributed by atoms with Crippen molar-refractivity contribution in [2.75, 3.05) is 20.7 Å². The Morgan fingerprint density at radius 1 is 1.44 bits per heavy atom. The van der Waals surface area contributed by atoms with Crippen LogP contribution in [0.5, 0.6) is 5.88 Å². The average molecular weight is 296 g/mol. The molecule has 1 rings (SSSR count). The summed E-state index contributed by atoms with van der Waals surface area (Å²) in [6.45, 7) is 2.21. The van der Waals surface area contributed by atoms with Gasteiger partial charge in [-0.05, 0) is 20.0 Å². The molecule has 1 aromatic rings. The van der Waals surface area contributed by atoms with Crippen LogP contribution in [-0.2, 0) is 10.0 Å². The van der Waals surface area contributed by atoms with Gasteiger partial charge in [-0.2, -0.15) is 0 Å². The Balaban J connectivity index is 0.00000289. The average Bonchev–Trinajstić information content (AvgIpc) is 2.36. The van der Waals surface area contributed by atoms with Crippen molar-refractivity contribution in [3.8, 4) is 5.88 Å². The van der Waals surface area contributed by atoms with Gasteiger partial charge in [0.15, 0.2) is 0 Å². The zero-order valence-electron chi connectivity index (χ0n) is 10.5. The van der Waals surface area contributed by atoms with Crippen molar-refractivity contribution in [1.29, 1.82) is 0 Å². The monoisotopic (exact) mass is 295 g/mol. The Morgan fingerprint density at radius 3 is 2.56 bits per heavy atom. The molecule has 0 saturated carbocycles. The van der Waals surface area contributed by atoms with E-state index in [9.17, 15) is 8.42 Å². The fourth-order valence-corrected chi connectivity index (χ4v) is 2.14. The molecule has 8 heteroatoms. The van der Waals surface area contributed by atoms with Gasteiger partial charge in [0.1, 0.15) is 4.90 Å². The van der Waals surface area contributed by atoms with Crippen LogP contribution < -0.4 is 14.8 Å². The van der Waals surface area contributed by atoms with Crippen LogP contribution in [0.1, 0.15) is 6.92 Å². The standard InChI is InChI=1S/C10H17N3O3S.ClH/c1-8(11-2)6-13-17(14,15)9-4-5-10(16-3)12-7-9;/h4-5,7-8,11,13H,6H2,1-3H3;1H. The van der Waals surface area contributed by atoms with Gasteiger partial charge in [0.05, 0.1) is 13.3 Å². The quantitative estimate of drug-likeness (QED) is 0.794. The maximum absolute atomic E-state index is 11.8. The first-order chi connectivity index (χ1) is 7.99. The summed E-state index contributed by atoms with van der Waals surface area (Å²) in [5.74, 6) is 0.382. The number of sulfonamides is 1. The lowest BCUT2D eigenvalue weighted by atomic mass is 10.4. The van der Waals surface area contributed by atoms with Crippen molar-refractivity contribution in [2.24, 2.45) is 0 Å². The lowest BCUT2D eigenvalue weighted by Gasteiger charge is -2.11. The van der Waals surface area contributed by atoms with Crippen molar-refractivity contribution in [1.82, 2.24) is 15.0 Å². The number of rotatable bonds is 6. The maximum atomic E-state index is 11.8. The Bertz CT molecular complexity index is 450. The number of halogens is 1. The first-order valence-electron chi connectivity index (χ1n) is 5.16. The molecule has 0 aliphatic heterocycles. The number of likely N-dealkylation sites (N-methyl/N-ethyl adjacent to an activating group) is 1. The third-order valence-corrected chi connectivity index (χ3v) is 3.71. The Morgan fingerprint density at radius 2 is 2.11 bits per heavy atom. The predicted octanol–water partition coefficient (Wildman–Crippen LogP) is 0.398. The van der Waals surface area contributed by atoms with Gasteiger partial charge in [0, 0.05) is 18.7 Å². The van der Waals surface area contributed by atoms with Crippen molar-refractivity contribution >= 4 is 22.4 Å². The second-order valence-corrected chi connectivity index (χ2v) is 5.34. The largest absolute Gasteiger partial charge is 0.481 e. The predicted molar refractivity (Wildman–Crippen MR) is 71.7 cm³/mol. The molecule has 0 radical (unpaired) electrons. The highest BCUT2D eigenvalue weighted by molar-refractivity contribution is 7.89. The summed E-state index contributed by atoms with van der Waals surface area (Å²) in [5, 5.41) is 2.94. The maximum Gasteiger partial charge on any atom is 0.242 e. The molecule has 0 saturated heterocycles. The normalized spacial score (nSPS) is 12.6. The summed E-state index contributed by atoms with van der Waals surface area (Å²) in [5.41, 5.74) is 0. The van der Waals surface area contributed by atoms with Crippen LogP contribution in [0.15, 0.2) is 23.2 Å². The van der Waals surface area contributed by atoms with Crippen molar-refractivity contribution in [3.63, 3.8) is 0 Å². The van der Waals surface area contributed by atoms with Gasteiger partial charge < -0.3 is 10.1 Å². The van der Waals surface area contributed by atoms with E-state index in [2.05, 4.69) is 15.0 Å². The highest BCUT2D eigenvalue weighted by Crippen LogP contribution is 2.11. The number of pyridine rings is 1. The molecule has 1 aromatic heterocycles. The molecule has 0 fully saturated rings. The topological polar surface area (TPSA) is 80.3 Å². The minimum Gasteiger partial charge on any atom is -0.481 e. The number of hydrogen-bond donors (Lipinski definition) is 2. The lowest BCUT2D eigenvalue weighted by Crippen LogP contribution is -2.37. The van der Waals surface area contributed by atoms with E-state index in [1.54, 1.807) is 7.05 Å². The zero-order chi connectivity index (χ0) is 12.9. The summed E-state index contributed by atoms with van der Waals surface area (Å²) in [6.07, 6.45) is 1.27. The van der Waals surface area contributed by atoms with Crippen LogP contribution in [0, 0.1) is 0 Å². The fraction of sp³-hybridized carbons (Fsp3) is 0.500. The van der Waals surface area contributed by atoms with Gasteiger partial charge in [0.25, 0.3) is 0 Å². The van der Waals surface area contributed by atoms with Crippen LogP contribution in [0.3, 0.4) is 0 Å². The molecular formula is C10H18ClN3O3S. The van der Waals surface area contributed by atoms with E-state index in [4.69, 9.17) is 4.74 Å². The molecule has 0 spiro atoms. The summed E-state index contributed by atoms with van der Waals surface area (Å²) >= 11 is 0. The molecule has 1 atom stereocenters. The minimum absolute atomic E-state index is 0. The number of nitrogens with one attached hydrogen (secondary N) is 2. The Labute approximate surface area is 114 Å². The summed E-state index contributed by atoms with van der Waals surface area (Å²) in [4.78, 5) is 3.98. The van der Waals surface area contributed by atoms with Crippen molar-refractivity contribution < 1.29 is 13.2 Å². The van der Waals surface area contributed by atoms with E-state index < -0.39 is 10.0 Å². The molecule has 1 unspecified atom stereocenters. The molecule has 0 amide bonds. The molecule has 2 N–H and O–H groups in total. The third-order valence-electron chi connectivity index (χ3n) is 2.30. The van der Waals surface area contributed by atoms with Crippen LogP contribution in [-0.4, -0.2) is 40.1 Å². The third kappa shape index (κ3) is 4.77. The van der Waals surface area contributed by atoms with Gasteiger partial charge in [0.2, 0.25) is 15.9 Å². The van der Waals surface area contributed by atoms with Gasteiger partial charge in [-0.3, -0.25) is 0 Å². The SMILES string of the molecule is CNC(C)CNS(=O)(=O)c1ccc(OC)nc1.Cl. The second-order valence-electron chi connectivity index (χ2n) is 3.58. The molecule has 0 aromatic carbocycles. The summed E-state index contributed by atoms with van der Waals surface area (Å²) < 4.78 is 31.0. The van der Waals surface area contributed by atoms with E-state index in [1.807, 2.05) is 6.92 Å². The molecule has 18 heavy (non-hydrogen) atoms. The lowest BCUT2D eigenvalue weighted by molar-refractivity contribution is 0.397. The summed E-state index contributed by atoms with van der Waals surface area (Å²) in [6, 6.07) is 3.03. The molecule has 0 aliphatic carbocycles. The second kappa shape index (κ2) is 7.52. The van der Waals surface area contributed by atoms with E-state index in [0.29, 0.717) is 12.4 Å². The number of aromatic nitrogens is 1. The number of methoxy groups -OCH3 is 1. The molecule has 104 valence electrons. The van der Waals surface area contributed by atoms with E-state index in [-0.39, 0.29) is 23.3 Å². The summed E-state index contributed by atoms with van der Waals surface area (Å²) in [7, 11) is -0.251. The molecular weight excluding hydrogens is 278 g/mol. The molecule has 0 bridgehead atoms. The van der Waals surface area contributed by atoms with Gasteiger partial charge in [-0.15, -0.1) is 12.4 Å². The first-order valence-corrected chi connectivity index (χ1v) is 6.65. The smallest absolute Gasteiger partial charge is 0.242 e. The van der Waals surface area contributed by atoms with E-state index in [0.717, 1.165) is 0 Å². The van der Waals surface area contributed by atoms with Crippen LogP contribution in [0.4, 0.5) is 0 Å². The fourth-order valence-electron chi connectivity index (χ4n) is 1.07. The Hall–Kier alpha value is -0.890.